The fraction of sp³-hybridized carbons (Fsp3) is 0.231. The topological polar surface area (TPSA) is 49.0 Å². The number of hydrogen-bond donors (Lipinski definition) is 1. The van der Waals surface area contributed by atoms with E-state index in [1.54, 1.807) is 18.0 Å². The number of aromatic amines is 1. The fourth-order valence-corrected chi connectivity index (χ4v) is 2.37. The van der Waals surface area contributed by atoms with Gasteiger partial charge in [0.2, 0.25) is 0 Å². The Bertz CT molecular complexity index is 612. The summed E-state index contributed by atoms with van der Waals surface area (Å²) < 4.78 is 0. The minimum atomic E-state index is -0.372. The Hall–Kier alpha value is -1.46. The minimum absolute atomic E-state index is 0.165. The smallest absolute Gasteiger partial charge is 0.285 e. The molecule has 2 rings (SSSR count). The second-order valence-corrected chi connectivity index (χ2v) is 5.36. The maximum Gasteiger partial charge on any atom is 0.285 e. The van der Waals surface area contributed by atoms with Crippen LogP contribution in [0.15, 0.2) is 40.2 Å². The Morgan fingerprint density at radius 1 is 1.37 bits per heavy atom. The van der Waals surface area contributed by atoms with Gasteiger partial charge in [-0.3, -0.25) is 4.79 Å². The van der Waals surface area contributed by atoms with Gasteiger partial charge in [-0.15, -0.1) is 11.8 Å². The van der Waals surface area contributed by atoms with Crippen molar-refractivity contribution in [3.8, 4) is 0 Å². The van der Waals surface area contributed by atoms with Crippen LogP contribution in [-0.2, 0) is 6.54 Å². The van der Waals surface area contributed by atoms with Gasteiger partial charge in [-0.2, -0.15) is 5.10 Å². The Morgan fingerprint density at radius 3 is 2.68 bits per heavy atom. The molecule has 0 saturated heterocycles. The molecule has 19 heavy (non-hydrogen) atoms. The first-order chi connectivity index (χ1) is 9.11. The molecule has 0 radical (unpaired) electrons. The number of hydrogen-bond acceptors (Lipinski definition) is 4. The predicted molar refractivity (Wildman–Crippen MR) is 80.2 cm³/mol. The molecule has 0 amide bonds. The lowest BCUT2D eigenvalue weighted by atomic mass is 10.2. The molecule has 0 atom stereocenters. The molecular formula is C13H14ClN3OS. The number of thioether (sulfide) groups is 1. The molecule has 0 aliphatic heterocycles. The van der Waals surface area contributed by atoms with Crippen molar-refractivity contribution in [1.82, 2.24) is 10.2 Å². The van der Waals surface area contributed by atoms with Crippen LogP contribution in [0.4, 0.5) is 5.69 Å². The third-order valence-corrected chi connectivity index (χ3v) is 3.88. The van der Waals surface area contributed by atoms with Crippen molar-refractivity contribution in [1.29, 1.82) is 0 Å². The van der Waals surface area contributed by atoms with Crippen molar-refractivity contribution < 1.29 is 0 Å². The molecule has 0 saturated carbocycles. The van der Waals surface area contributed by atoms with Gasteiger partial charge >= 0.3 is 0 Å². The molecule has 6 heteroatoms. The number of nitrogens with zero attached hydrogens (tertiary/aromatic N) is 2. The highest BCUT2D eigenvalue weighted by Gasteiger charge is 2.10. The predicted octanol–water partition coefficient (Wildman–Crippen LogP) is 2.78. The highest BCUT2D eigenvalue weighted by Crippen LogP contribution is 2.22. The van der Waals surface area contributed by atoms with Gasteiger partial charge in [0.25, 0.3) is 5.56 Å². The normalized spacial score (nSPS) is 10.5. The summed E-state index contributed by atoms with van der Waals surface area (Å²) in [6.45, 7) is 0.666. The molecule has 1 aromatic carbocycles. The quantitative estimate of drug-likeness (QED) is 0.881. The van der Waals surface area contributed by atoms with E-state index in [9.17, 15) is 4.79 Å². The Morgan fingerprint density at radius 2 is 2.05 bits per heavy atom. The van der Waals surface area contributed by atoms with Gasteiger partial charge in [0, 0.05) is 18.5 Å². The number of rotatable bonds is 4. The van der Waals surface area contributed by atoms with E-state index in [2.05, 4.69) is 34.5 Å². The van der Waals surface area contributed by atoms with Gasteiger partial charge in [0.1, 0.15) is 5.02 Å². The molecule has 100 valence electrons. The molecule has 0 unspecified atom stereocenters. The average Bonchev–Trinajstić information content (AvgIpc) is 2.42. The first-order valence-corrected chi connectivity index (χ1v) is 7.29. The zero-order chi connectivity index (χ0) is 13.8. The Kier molecular flexibility index (Phi) is 4.50. The van der Waals surface area contributed by atoms with Crippen molar-refractivity contribution in [2.75, 3.05) is 18.2 Å². The Labute approximate surface area is 120 Å². The number of benzene rings is 1. The highest BCUT2D eigenvalue weighted by molar-refractivity contribution is 7.98. The number of anilines is 1. The first-order valence-electron chi connectivity index (χ1n) is 5.69. The summed E-state index contributed by atoms with van der Waals surface area (Å²) in [7, 11) is 1.88. The average molecular weight is 296 g/mol. The van der Waals surface area contributed by atoms with E-state index in [1.807, 2.05) is 18.2 Å². The largest absolute Gasteiger partial charge is 0.368 e. The maximum absolute atomic E-state index is 11.4. The van der Waals surface area contributed by atoms with Crippen LogP contribution in [-0.4, -0.2) is 23.5 Å². The third kappa shape index (κ3) is 3.30. The lowest BCUT2D eigenvalue weighted by Gasteiger charge is -2.19. The number of nitrogens with one attached hydrogen (secondary N) is 1. The molecule has 0 spiro atoms. The highest BCUT2D eigenvalue weighted by atomic mass is 35.5. The zero-order valence-electron chi connectivity index (χ0n) is 10.7. The SMILES string of the molecule is CSc1ccc(CN(C)c2cn[nH]c(=O)c2Cl)cc1. The third-order valence-electron chi connectivity index (χ3n) is 2.77. The van der Waals surface area contributed by atoms with Gasteiger partial charge in [-0.1, -0.05) is 23.7 Å². The van der Waals surface area contributed by atoms with Crippen LogP contribution in [0.1, 0.15) is 5.56 Å². The van der Waals surface area contributed by atoms with E-state index >= 15 is 0 Å². The van der Waals surface area contributed by atoms with Gasteiger partial charge in [-0.25, -0.2) is 5.10 Å². The summed E-state index contributed by atoms with van der Waals surface area (Å²) in [5.41, 5.74) is 1.40. The van der Waals surface area contributed by atoms with Crippen molar-refractivity contribution in [2.45, 2.75) is 11.4 Å². The molecule has 1 aromatic heterocycles. The second-order valence-electron chi connectivity index (χ2n) is 4.10. The molecule has 1 heterocycles. The van der Waals surface area contributed by atoms with Gasteiger partial charge < -0.3 is 4.90 Å². The summed E-state index contributed by atoms with van der Waals surface area (Å²) in [6.07, 6.45) is 3.60. The summed E-state index contributed by atoms with van der Waals surface area (Å²) >= 11 is 7.68. The summed E-state index contributed by atoms with van der Waals surface area (Å²) in [5.74, 6) is 0. The molecule has 0 aliphatic rings. The zero-order valence-corrected chi connectivity index (χ0v) is 12.3. The Balaban J connectivity index is 2.18. The molecule has 4 nitrogen and oxygen atoms in total. The fourth-order valence-electron chi connectivity index (χ4n) is 1.73. The van der Waals surface area contributed by atoms with E-state index in [4.69, 9.17) is 11.6 Å². The van der Waals surface area contributed by atoms with Crippen molar-refractivity contribution in [2.24, 2.45) is 0 Å². The lowest BCUT2D eigenvalue weighted by molar-refractivity contribution is 0.893. The van der Waals surface area contributed by atoms with Gasteiger partial charge in [-0.05, 0) is 24.0 Å². The van der Waals surface area contributed by atoms with Gasteiger partial charge in [0.15, 0.2) is 0 Å². The van der Waals surface area contributed by atoms with Crippen LogP contribution in [0, 0.1) is 0 Å². The molecule has 2 aromatic rings. The minimum Gasteiger partial charge on any atom is -0.368 e. The van der Waals surface area contributed by atoms with Crippen LogP contribution in [0.2, 0.25) is 5.02 Å². The van der Waals surface area contributed by atoms with Crippen molar-refractivity contribution in [3.63, 3.8) is 0 Å². The lowest BCUT2D eigenvalue weighted by Crippen LogP contribution is -2.21. The molecule has 1 N–H and O–H groups in total. The summed E-state index contributed by atoms with van der Waals surface area (Å²) in [4.78, 5) is 14.5. The maximum atomic E-state index is 11.4. The molecule has 0 aliphatic carbocycles. The first kappa shape index (κ1) is 14.0. The van der Waals surface area contributed by atoms with E-state index in [-0.39, 0.29) is 10.6 Å². The molecule has 0 bridgehead atoms. The van der Waals surface area contributed by atoms with Crippen molar-refractivity contribution >= 4 is 29.1 Å². The van der Waals surface area contributed by atoms with Crippen LogP contribution in [0.25, 0.3) is 0 Å². The second kappa shape index (κ2) is 6.12. The number of halogens is 1. The standard InChI is InChI=1S/C13H14ClN3OS/c1-17(11-7-15-16-13(18)12(11)14)8-9-3-5-10(19-2)6-4-9/h3-7H,8H2,1-2H3,(H,16,18). The molecular weight excluding hydrogens is 282 g/mol. The van der Waals surface area contributed by atoms with Gasteiger partial charge in [0.05, 0.1) is 11.9 Å². The van der Waals surface area contributed by atoms with E-state index in [1.165, 1.54) is 4.90 Å². The number of H-pyrrole nitrogens is 1. The van der Waals surface area contributed by atoms with Crippen LogP contribution in [0.5, 0.6) is 0 Å². The van der Waals surface area contributed by atoms with E-state index in [0.29, 0.717) is 12.2 Å². The monoisotopic (exact) mass is 295 g/mol. The van der Waals surface area contributed by atoms with Crippen molar-refractivity contribution in [3.05, 3.63) is 51.4 Å². The number of aromatic nitrogens is 2. The van der Waals surface area contributed by atoms with Crippen LogP contribution in [0.3, 0.4) is 0 Å². The van der Waals surface area contributed by atoms with E-state index in [0.717, 1.165) is 5.56 Å². The van der Waals surface area contributed by atoms with Crippen LogP contribution >= 0.6 is 23.4 Å². The summed E-state index contributed by atoms with van der Waals surface area (Å²) in [6, 6.07) is 8.28. The van der Waals surface area contributed by atoms with E-state index < -0.39 is 0 Å². The molecule has 0 fully saturated rings. The summed E-state index contributed by atoms with van der Waals surface area (Å²) in [5, 5.41) is 6.24. The van der Waals surface area contributed by atoms with Crippen LogP contribution < -0.4 is 10.5 Å².